The third-order valence-electron chi connectivity index (χ3n) is 1.94. The van der Waals surface area contributed by atoms with Gasteiger partial charge in [0.2, 0.25) is 0 Å². The Bertz CT molecular complexity index is 271. The molecule has 0 atom stereocenters. The van der Waals surface area contributed by atoms with Crippen LogP contribution in [-0.2, 0) is 9.53 Å². The average Bonchev–Trinajstić information content (AvgIpc) is 2.20. The molecule has 84 valence electrons. The number of ether oxygens (including phenoxy) is 1. The summed E-state index contributed by atoms with van der Waals surface area (Å²) in [6, 6.07) is 8.36. The van der Waals surface area contributed by atoms with E-state index in [9.17, 15) is 4.79 Å². The fourth-order valence-corrected chi connectivity index (χ4v) is 0.908. The van der Waals surface area contributed by atoms with Gasteiger partial charge in [0.15, 0.2) is 0 Å². The summed E-state index contributed by atoms with van der Waals surface area (Å²) < 4.78 is 4.55. The van der Waals surface area contributed by atoms with E-state index in [1.165, 1.54) is 18.1 Å². The van der Waals surface area contributed by atoms with E-state index in [-0.39, 0.29) is 5.97 Å². The van der Waals surface area contributed by atoms with Crippen LogP contribution in [0.3, 0.4) is 0 Å². The number of carbonyl (C=O) groups is 1. The monoisotopic (exact) mass is 208 g/mol. The van der Waals surface area contributed by atoms with Crippen molar-refractivity contribution in [3.05, 3.63) is 35.4 Å². The van der Waals surface area contributed by atoms with Gasteiger partial charge in [-0.2, -0.15) is 0 Å². The van der Waals surface area contributed by atoms with Gasteiger partial charge in [0.05, 0.1) is 6.61 Å². The van der Waals surface area contributed by atoms with Crippen LogP contribution in [0.4, 0.5) is 0 Å². The molecule has 0 unspecified atom stereocenters. The molecule has 0 saturated heterocycles. The Morgan fingerprint density at radius 2 is 1.67 bits per heavy atom. The molecule has 0 heterocycles. The van der Waals surface area contributed by atoms with Crippen molar-refractivity contribution in [1.29, 1.82) is 0 Å². The molecule has 0 aliphatic carbocycles. The van der Waals surface area contributed by atoms with Gasteiger partial charge in [0, 0.05) is 6.92 Å². The van der Waals surface area contributed by atoms with Crippen molar-refractivity contribution in [2.24, 2.45) is 0 Å². The molecule has 0 aliphatic heterocycles. The van der Waals surface area contributed by atoms with E-state index >= 15 is 0 Å². The summed E-state index contributed by atoms with van der Waals surface area (Å²) in [5.41, 5.74) is 2.74. The van der Waals surface area contributed by atoms with Gasteiger partial charge in [-0.15, -0.1) is 0 Å². The molecule has 1 aromatic rings. The normalized spacial score (nSPS) is 8.80. The van der Waals surface area contributed by atoms with Crippen molar-refractivity contribution < 1.29 is 9.53 Å². The first kappa shape index (κ1) is 13.7. The number of carbonyl (C=O) groups excluding carboxylic acids is 1. The fraction of sp³-hybridized carbons (Fsp3) is 0.462. The number of hydrogen-bond acceptors (Lipinski definition) is 2. The maximum Gasteiger partial charge on any atom is 0.302 e. The topological polar surface area (TPSA) is 26.3 Å². The quantitative estimate of drug-likeness (QED) is 0.697. The molecule has 0 aromatic heterocycles. The van der Waals surface area contributed by atoms with Crippen LogP contribution in [-0.4, -0.2) is 12.6 Å². The van der Waals surface area contributed by atoms with Crippen LogP contribution in [0, 0.1) is 13.8 Å². The minimum atomic E-state index is -0.193. The van der Waals surface area contributed by atoms with Crippen molar-refractivity contribution in [3.8, 4) is 0 Å². The van der Waals surface area contributed by atoms with E-state index in [1.807, 2.05) is 6.92 Å². The molecule has 15 heavy (non-hydrogen) atoms. The number of rotatable bonds is 2. The molecule has 0 aliphatic rings. The van der Waals surface area contributed by atoms with Crippen LogP contribution in [0.1, 0.15) is 31.4 Å². The number of esters is 1. The lowest BCUT2D eigenvalue weighted by atomic mass is 10.1. The largest absolute Gasteiger partial charge is 0.466 e. The Kier molecular flexibility index (Phi) is 7.33. The highest BCUT2D eigenvalue weighted by Crippen LogP contribution is 2.02. The van der Waals surface area contributed by atoms with E-state index in [4.69, 9.17) is 0 Å². The molecule has 0 spiro atoms. The van der Waals surface area contributed by atoms with Gasteiger partial charge in [0.1, 0.15) is 0 Å². The Balaban J connectivity index is 0.000000265. The van der Waals surface area contributed by atoms with Crippen molar-refractivity contribution >= 4 is 5.97 Å². The average molecular weight is 208 g/mol. The van der Waals surface area contributed by atoms with Crippen molar-refractivity contribution in [2.45, 2.75) is 34.1 Å². The van der Waals surface area contributed by atoms with Gasteiger partial charge in [-0.25, -0.2) is 0 Å². The minimum Gasteiger partial charge on any atom is -0.466 e. The van der Waals surface area contributed by atoms with Gasteiger partial charge in [-0.3, -0.25) is 4.79 Å². The second-order valence-corrected chi connectivity index (χ2v) is 3.42. The Labute approximate surface area is 92.3 Å². The van der Waals surface area contributed by atoms with Crippen LogP contribution < -0.4 is 0 Å². The predicted octanol–water partition coefficient (Wildman–Crippen LogP) is 3.26. The number of benzene rings is 1. The van der Waals surface area contributed by atoms with Crippen molar-refractivity contribution in [1.82, 2.24) is 0 Å². The van der Waals surface area contributed by atoms with Crippen LogP contribution in [0.15, 0.2) is 24.3 Å². The van der Waals surface area contributed by atoms with Gasteiger partial charge >= 0.3 is 5.97 Å². The fourth-order valence-electron chi connectivity index (χ4n) is 0.908. The molecule has 2 heteroatoms. The second kappa shape index (κ2) is 8.04. The number of aryl methyl sites for hydroxylation is 2. The first-order valence-electron chi connectivity index (χ1n) is 5.23. The van der Waals surface area contributed by atoms with Crippen LogP contribution in [0.5, 0.6) is 0 Å². The Hall–Kier alpha value is -1.31. The maximum atomic E-state index is 9.98. The summed E-state index contributed by atoms with van der Waals surface area (Å²) in [6.07, 6.45) is 0.902. The van der Waals surface area contributed by atoms with E-state index in [0.717, 1.165) is 6.42 Å². The van der Waals surface area contributed by atoms with Gasteiger partial charge < -0.3 is 4.74 Å². The summed E-state index contributed by atoms with van der Waals surface area (Å²) in [7, 11) is 0. The summed E-state index contributed by atoms with van der Waals surface area (Å²) in [4.78, 5) is 9.98. The third kappa shape index (κ3) is 7.74. The van der Waals surface area contributed by atoms with Crippen LogP contribution in [0.25, 0.3) is 0 Å². The highest BCUT2D eigenvalue weighted by Gasteiger charge is 1.85. The summed E-state index contributed by atoms with van der Waals surface area (Å²) in [6.45, 7) is 8.17. The molecule has 0 saturated carbocycles. The lowest BCUT2D eigenvalue weighted by Gasteiger charge is -1.93. The van der Waals surface area contributed by atoms with E-state index in [1.54, 1.807) is 0 Å². The van der Waals surface area contributed by atoms with Gasteiger partial charge in [-0.05, 0) is 31.4 Å². The van der Waals surface area contributed by atoms with E-state index in [2.05, 4.69) is 42.8 Å². The zero-order valence-corrected chi connectivity index (χ0v) is 10.0. The second-order valence-electron chi connectivity index (χ2n) is 3.42. The molecule has 0 amide bonds. The summed E-state index contributed by atoms with van der Waals surface area (Å²) in [5, 5.41) is 0. The molecular formula is C13H20O2. The molecule has 1 rings (SSSR count). The van der Waals surface area contributed by atoms with Crippen molar-refractivity contribution in [2.75, 3.05) is 6.61 Å². The molecule has 0 radical (unpaired) electrons. The Morgan fingerprint density at radius 1 is 1.20 bits per heavy atom. The molecular weight excluding hydrogens is 188 g/mol. The Morgan fingerprint density at radius 3 is 1.87 bits per heavy atom. The lowest BCUT2D eigenvalue weighted by Crippen LogP contribution is -1.98. The molecule has 1 aromatic carbocycles. The first-order chi connectivity index (χ1) is 7.07. The van der Waals surface area contributed by atoms with Crippen molar-refractivity contribution in [3.63, 3.8) is 0 Å². The third-order valence-corrected chi connectivity index (χ3v) is 1.94. The van der Waals surface area contributed by atoms with Gasteiger partial charge in [-0.1, -0.05) is 31.2 Å². The summed E-state index contributed by atoms with van der Waals surface area (Å²) in [5.74, 6) is -0.193. The van der Waals surface area contributed by atoms with Crippen LogP contribution in [0.2, 0.25) is 0 Å². The first-order valence-corrected chi connectivity index (χ1v) is 5.23. The predicted molar refractivity (Wildman–Crippen MR) is 62.8 cm³/mol. The molecule has 0 fully saturated rings. The standard InChI is InChI=1S/C8H10.C5H10O2/c1-7-5-3-4-6-8(7)2;1-3-4-7-5(2)6/h3-6H,1-2H3;3-4H2,1-2H3. The summed E-state index contributed by atoms with van der Waals surface area (Å²) >= 11 is 0. The molecule has 2 nitrogen and oxygen atoms in total. The molecule has 0 bridgehead atoms. The smallest absolute Gasteiger partial charge is 0.302 e. The zero-order valence-electron chi connectivity index (χ0n) is 10.0. The minimum absolute atomic E-state index is 0.193. The van der Waals surface area contributed by atoms with Gasteiger partial charge in [0.25, 0.3) is 0 Å². The molecule has 0 N–H and O–H groups in total. The highest BCUT2D eigenvalue weighted by atomic mass is 16.5. The lowest BCUT2D eigenvalue weighted by molar-refractivity contribution is -0.140. The van der Waals surface area contributed by atoms with Crippen LogP contribution >= 0.6 is 0 Å². The number of hydrogen-bond donors (Lipinski definition) is 0. The maximum absolute atomic E-state index is 9.98. The van der Waals surface area contributed by atoms with E-state index in [0.29, 0.717) is 6.61 Å². The zero-order chi connectivity index (χ0) is 11.7. The highest BCUT2D eigenvalue weighted by molar-refractivity contribution is 5.65. The van der Waals surface area contributed by atoms with E-state index < -0.39 is 0 Å². The SMILES string of the molecule is CCCOC(C)=O.Cc1ccccc1C.